The van der Waals surface area contributed by atoms with Gasteiger partial charge in [0, 0.05) is 5.56 Å². The average Bonchev–Trinajstić information content (AvgIpc) is 3.58. The third-order valence-electron chi connectivity index (χ3n) is 7.49. The molecule has 1 N–H and O–H groups in total. The number of nitrogens with zero attached hydrogens (tertiary/aromatic N) is 2. The number of hydrogen-bond acceptors (Lipinski definition) is 11. The summed E-state index contributed by atoms with van der Waals surface area (Å²) in [7, 11) is 5.57. The molecule has 0 spiro atoms. The molecular formula is C34H32N2O9S. The number of ether oxygens (including phenoxy) is 5. The van der Waals surface area contributed by atoms with E-state index in [2.05, 4.69) is 4.98 Å². The highest BCUT2D eigenvalue weighted by Crippen LogP contribution is 2.48. The molecule has 1 saturated heterocycles. The Balaban J connectivity index is 1.65. The van der Waals surface area contributed by atoms with Crippen molar-refractivity contribution in [3.05, 3.63) is 99.1 Å². The van der Waals surface area contributed by atoms with E-state index in [4.69, 9.17) is 23.7 Å². The van der Waals surface area contributed by atoms with Crippen LogP contribution < -0.4 is 23.8 Å². The predicted octanol–water partition coefficient (Wildman–Crippen LogP) is 5.78. The Morgan fingerprint density at radius 3 is 2.17 bits per heavy atom. The van der Waals surface area contributed by atoms with E-state index in [-0.39, 0.29) is 27.1 Å². The number of ketones is 1. The highest BCUT2D eigenvalue weighted by molar-refractivity contribution is 7.17. The van der Waals surface area contributed by atoms with Crippen molar-refractivity contribution in [2.45, 2.75) is 26.5 Å². The molecule has 2 heterocycles. The number of methoxy groups -OCH3 is 4. The van der Waals surface area contributed by atoms with Crippen LogP contribution in [0.1, 0.15) is 43.7 Å². The summed E-state index contributed by atoms with van der Waals surface area (Å²) in [6.45, 7) is 3.76. The maximum absolute atomic E-state index is 13.8. The summed E-state index contributed by atoms with van der Waals surface area (Å²) in [5, 5.41) is 11.8. The second-order valence-electron chi connectivity index (χ2n) is 10.3. The summed E-state index contributed by atoms with van der Waals surface area (Å²) in [5.41, 5.74) is 2.49. The Morgan fingerprint density at radius 1 is 0.913 bits per heavy atom. The molecule has 0 saturated carbocycles. The number of carbonyl (C=O) groups excluding carboxylic acids is 3. The molecule has 4 aromatic rings. The molecule has 3 aromatic carbocycles. The molecule has 12 heteroatoms. The van der Waals surface area contributed by atoms with Crippen molar-refractivity contribution in [3.63, 3.8) is 0 Å². The first-order valence-electron chi connectivity index (χ1n) is 14.1. The third-order valence-corrected chi connectivity index (χ3v) is 8.63. The van der Waals surface area contributed by atoms with Gasteiger partial charge in [-0.2, -0.15) is 0 Å². The van der Waals surface area contributed by atoms with Crippen LogP contribution in [-0.4, -0.2) is 56.2 Å². The van der Waals surface area contributed by atoms with Gasteiger partial charge in [-0.1, -0.05) is 41.7 Å². The molecule has 1 aliphatic heterocycles. The number of rotatable bonds is 10. The van der Waals surface area contributed by atoms with Crippen molar-refractivity contribution in [3.8, 4) is 23.0 Å². The monoisotopic (exact) mass is 644 g/mol. The maximum Gasteiger partial charge on any atom is 0.350 e. The van der Waals surface area contributed by atoms with Gasteiger partial charge in [0.2, 0.25) is 5.75 Å². The molecule has 0 radical (unpaired) electrons. The van der Waals surface area contributed by atoms with Crippen molar-refractivity contribution >= 4 is 39.9 Å². The van der Waals surface area contributed by atoms with E-state index in [1.807, 2.05) is 37.3 Å². The number of aromatic nitrogens is 1. The molecule has 11 nitrogen and oxygen atoms in total. The number of amides is 1. The van der Waals surface area contributed by atoms with Crippen molar-refractivity contribution < 1.29 is 43.2 Å². The number of benzene rings is 3. The number of aliphatic hydroxyl groups excluding tert-OH is 1. The third kappa shape index (κ3) is 5.86. The normalized spacial score (nSPS) is 15.5. The standard InChI is InChI=1S/C34H32N2O9S/c1-18-14-21(12-13-23(18)45-17-20-10-8-7-9-11-20)28(37)26-27(22-15-24(41-3)30(43-5)25(16-22)42-4)36(32(39)29(26)38)34-35-19(2)31(46-34)33(40)44-6/h7-16,27,37H,17H2,1-6H3/b28-26+/t27-/m0/s1. The molecule has 1 amide bonds. The lowest BCUT2D eigenvalue weighted by atomic mass is 9.94. The van der Waals surface area contributed by atoms with E-state index in [1.165, 1.54) is 28.4 Å². The molecule has 46 heavy (non-hydrogen) atoms. The molecule has 5 rings (SSSR count). The van der Waals surface area contributed by atoms with Crippen LogP contribution in [0.3, 0.4) is 0 Å². The number of Topliss-reactive ketones (excluding diaryl/α,β-unsaturated/α-hetero) is 1. The summed E-state index contributed by atoms with van der Waals surface area (Å²) in [6, 6.07) is 16.7. The first-order chi connectivity index (χ1) is 22.1. The summed E-state index contributed by atoms with van der Waals surface area (Å²) in [5.74, 6) is -1.49. The zero-order valence-corrected chi connectivity index (χ0v) is 26.9. The van der Waals surface area contributed by atoms with Crippen molar-refractivity contribution in [2.75, 3.05) is 33.3 Å². The summed E-state index contributed by atoms with van der Waals surface area (Å²) in [4.78, 5) is 45.7. The van der Waals surface area contributed by atoms with Crippen LogP contribution in [0.2, 0.25) is 0 Å². The topological polar surface area (TPSA) is 134 Å². The zero-order valence-electron chi connectivity index (χ0n) is 26.1. The van der Waals surface area contributed by atoms with Crippen LogP contribution >= 0.6 is 11.3 Å². The number of aliphatic hydroxyl groups is 1. The molecule has 0 aliphatic carbocycles. The van der Waals surface area contributed by atoms with Gasteiger partial charge < -0.3 is 28.8 Å². The highest BCUT2D eigenvalue weighted by atomic mass is 32.1. The molecule has 1 atom stereocenters. The fraction of sp³-hybridized carbons (Fsp3) is 0.235. The van der Waals surface area contributed by atoms with Gasteiger partial charge in [-0.05, 0) is 60.9 Å². The number of thiazole rings is 1. The molecule has 0 bridgehead atoms. The number of esters is 1. The van der Waals surface area contributed by atoms with Crippen LogP contribution in [0.4, 0.5) is 5.13 Å². The van der Waals surface area contributed by atoms with Gasteiger partial charge in [0.1, 0.15) is 23.0 Å². The van der Waals surface area contributed by atoms with Gasteiger partial charge in [-0.25, -0.2) is 9.78 Å². The van der Waals surface area contributed by atoms with Crippen LogP contribution in [0.5, 0.6) is 23.0 Å². The van der Waals surface area contributed by atoms with Gasteiger partial charge in [0.25, 0.3) is 5.78 Å². The number of anilines is 1. The van der Waals surface area contributed by atoms with Gasteiger partial charge in [-0.3, -0.25) is 14.5 Å². The minimum Gasteiger partial charge on any atom is -0.507 e. The van der Waals surface area contributed by atoms with Crippen molar-refractivity contribution in [2.24, 2.45) is 0 Å². The van der Waals surface area contributed by atoms with E-state index in [1.54, 1.807) is 37.3 Å². The molecule has 1 aliphatic rings. The second kappa shape index (κ2) is 13.3. The number of carbonyl (C=O) groups is 3. The molecule has 1 aromatic heterocycles. The number of hydrogen-bond donors (Lipinski definition) is 1. The second-order valence-corrected chi connectivity index (χ2v) is 11.3. The number of aryl methyl sites for hydroxylation is 2. The van der Waals surface area contributed by atoms with Crippen molar-refractivity contribution in [1.82, 2.24) is 4.98 Å². The average molecular weight is 645 g/mol. The molecular weight excluding hydrogens is 612 g/mol. The maximum atomic E-state index is 13.8. The highest BCUT2D eigenvalue weighted by Gasteiger charge is 2.49. The van der Waals surface area contributed by atoms with Gasteiger partial charge in [0.15, 0.2) is 16.6 Å². The van der Waals surface area contributed by atoms with E-state index < -0.39 is 29.5 Å². The smallest absolute Gasteiger partial charge is 0.350 e. The molecule has 1 fully saturated rings. The first-order valence-corrected chi connectivity index (χ1v) is 14.9. The summed E-state index contributed by atoms with van der Waals surface area (Å²) >= 11 is 0.898. The van der Waals surface area contributed by atoms with E-state index in [0.29, 0.717) is 40.5 Å². The van der Waals surface area contributed by atoms with Crippen LogP contribution in [0.15, 0.2) is 66.2 Å². The SMILES string of the molecule is COC(=O)c1sc(N2C(=O)C(=O)/C(=C(/O)c3ccc(OCc4ccccc4)c(C)c3)[C@@H]2c2cc(OC)c(OC)c(OC)c2)nc1C. The summed E-state index contributed by atoms with van der Waals surface area (Å²) < 4.78 is 27.4. The van der Waals surface area contributed by atoms with Gasteiger partial charge in [-0.15, -0.1) is 0 Å². The predicted molar refractivity (Wildman–Crippen MR) is 171 cm³/mol. The summed E-state index contributed by atoms with van der Waals surface area (Å²) in [6.07, 6.45) is 0. The fourth-order valence-corrected chi connectivity index (χ4v) is 6.23. The minimum atomic E-state index is -1.18. The van der Waals surface area contributed by atoms with Gasteiger partial charge in [0.05, 0.1) is 45.7 Å². The van der Waals surface area contributed by atoms with Crippen molar-refractivity contribution in [1.29, 1.82) is 0 Å². The largest absolute Gasteiger partial charge is 0.507 e. The lowest BCUT2D eigenvalue weighted by Crippen LogP contribution is -2.29. The molecule has 0 unspecified atom stereocenters. The van der Waals surface area contributed by atoms with Gasteiger partial charge >= 0.3 is 11.9 Å². The Bertz CT molecular complexity index is 1820. The Labute approximate surface area is 269 Å². The van der Waals surface area contributed by atoms with Crippen LogP contribution in [-0.2, 0) is 20.9 Å². The lowest BCUT2D eigenvalue weighted by molar-refractivity contribution is -0.132. The molecule has 238 valence electrons. The van der Waals surface area contributed by atoms with Crippen LogP contribution in [0.25, 0.3) is 5.76 Å². The van der Waals surface area contributed by atoms with Crippen LogP contribution in [0, 0.1) is 13.8 Å². The van der Waals surface area contributed by atoms with E-state index >= 15 is 0 Å². The quantitative estimate of drug-likeness (QED) is 0.0981. The minimum absolute atomic E-state index is 0.0682. The Hall–Kier alpha value is -5.36. The van der Waals surface area contributed by atoms with E-state index in [9.17, 15) is 19.5 Å². The zero-order chi connectivity index (χ0) is 33.1. The Kier molecular flexibility index (Phi) is 9.28. The Morgan fingerprint density at radius 2 is 1.59 bits per heavy atom. The first kappa shape index (κ1) is 32.0. The lowest BCUT2D eigenvalue weighted by Gasteiger charge is -2.24. The van der Waals surface area contributed by atoms with E-state index in [0.717, 1.165) is 21.8 Å². The fourth-order valence-electron chi connectivity index (χ4n) is 5.22.